The Morgan fingerprint density at radius 3 is 2.38 bits per heavy atom. The number of anilines is 2. The van der Waals surface area contributed by atoms with Crippen LogP contribution >= 0.6 is 11.8 Å². The Hall–Kier alpha value is -2.56. The number of nitrogens with two attached hydrogens (primary N) is 1. The number of nitrogens with one attached hydrogen (secondary N) is 1. The van der Waals surface area contributed by atoms with Crippen LogP contribution < -0.4 is 21.9 Å². The molecule has 3 N–H and O–H groups in total. The fourth-order valence-electron chi connectivity index (χ4n) is 3.89. The first kappa shape index (κ1) is 18.5. The van der Waals surface area contributed by atoms with E-state index in [0.717, 1.165) is 57.6 Å². The van der Waals surface area contributed by atoms with Crippen molar-refractivity contribution in [3.63, 3.8) is 0 Å². The Labute approximate surface area is 170 Å². The molecule has 5 rings (SSSR count). The first-order chi connectivity index (χ1) is 14.0. The van der Waals surface area contributed by atoms with Crippen molar-refractivity contribution in [3.05, 3.63) is 26.4 Å². The lowest BCUT2D eigenvalue weighted by Crippen LogP contribution is -2.36. The summed E-state index contributed by atoms with van der Waals surface area (Å²) in [5.74, 6) is 0.449. The van der Waals surface area contributed by atoms with Gasteiger partial charge in [0.05, 0.1) is 5.75 Å². The summed E-state index contributed by atoms with van der Waals surface area (Å²) < 4.78 is 3.46. The predicted octanol–water partition coefficient (Wildman–Crippen LogP) is 0.955. The third-order valence-electron chi connectivity index (χ3n) is 5.65. The molecule has 0 spiro atoms. The monoisotopic (exact) mass is 417 g/mol. The third-order valence-corrected chi connectivity index (χ3v) is 6.60. The molecule has 0 radical (unpaired) electrons. The highest BCUT2D eigenvalue weighted by atomic mass is 32.2. The number of ketones is 1. The smallest absolute Gasteiger partial charge is 0.330 e. The minimum absolute atomic E-state index is 0.0149. The van der Waals surface area contributed by atoms with Gasteiger partial charge in [-0.1, -0.05) is 11.8 Å². The molecule has 3 aliphatic rings. The number of rotatable bonds is 7. The van der Waals surface area contributed by atoms with E-state index in [1.54, 1.807) is 0 Å². The van der Waals surface area contributed by atoms with Crippen molar-refractivity contribution in [2.75, 3.05) is 29.5 Å². The summed E-state index contributed by atoms with van der Waals surface area (Å²) in [5.41, 5.74) is 4.63. The normalized spacial score (nSPS) is 19.1. The van der Waals surface area contributed by atoms with Gasteiger partial charge in [-0.25, -0.2) is 4.79 Å². The molecule has 2 saturated carbocycles. The van der Waals surface area contributed by atoms with Gasteiger partial charge in [0.15, 0.2) is 10.9 Å². The molecular formula is C18H23N7O3S. The van der Waals surface area contributed by atoms with E-state index in [1.165, 1.54) is 16.3 Å². The zero-order valence-corrected chi connectivity index (χ0v) is 16.8. The highest BCUT2D eigenvalue weighted by molar-refractivity contribution is 7.99. The lowest BCUT2D eigenvalue weighted by atomic mass is 10.2. The van der Waals surface area contributed by atoms with Crippen LogP contribution in [0, 0.1) is 0 Å². The first-order valence-corrected chi connectivity index (χ1v) is 11.0. The largest absolute Gasteiger partial charge is 0.384 e. The zero-order valence-electron chi connectivity index (χ0n) is 16.0. The van der Waals surface area contributed by atoms with Crippen LogP contribution in [0.4, 0.5) is 11.8 Å². The summed E-state index contributed by atoms with van der Waals surface area (Å²) in [6.45, 7) is 1.95. The lowest BCUT2D eigenvalue weighted by molar-refractivity contribution is 0.102. The van der Waals surface area contributed by atoms with Crippen LogP contribution in [0.2, 0.25) is 0 Å². The number of carbonyl (C=O) groups is 1. The summed E-state index contributed by atoms with van der Waals surface area (Å²) in [7, 11) is 0. The number of H-pyrrole nitrogens is 1. The topological polar surface area (TPSA) is 132 Å². The number of aromatic amines is 1. The van der Waals surface area contributed by atoms with Crippen molar-refractivity contribution in [3.8, 4) is 0 Å². The average molecular weight is 417 g/mol. The number of Topliss-reactive ketones (excluding diaryl/α,β-unsaturated/α-hetero) is 1. The summed E-state index contributed by atoms with van der Waals surface area (Å²) in [6, 6.07) is 0.350. The van der Waals surface area contributed by atoms with E-state index in [2.05, 4.69) is 24.6 Å². The molecule has 0 atom stereocenters. The summed E-state index contributed by atoms with van der Waals surface area (Å²) in [4.78, 5) is 41.6. The Balaban J connectivity index is 1.39. The van der Waals surface area contributed by atoms with Crippen LogP contribution in [-0.4, -0.2) is 48.9 Å². The number of hydrogen-bond donors (Lipinski definition) is 2. The molecule has 154 valence electrons. The average Bonchev–Trinajstić information content (AvgIpc) is 3.60. The van der Waals surface area contributed by atoms with Crippen LogP contribution in [0.3, 0.4) is 0 Å². The van der Waals surface area contributed by atoms with Crippen molar-refractivity contribution in [2.45, 2.75) is 55.8 Å². The van der Waals surface area contributed by atoms with Gasteiger partial charge in [-0.2, -0.15) is 0 Å². The number of aromatic nitrogens is 5. The van der Waals surface area contributed by atoms with Gasteiger partial charge in [0.2, 0.25) is 5.95 Å². The van der Waals surface area contributed by atoms with E-state index >= 15 is 0 Å². The molecule has 0 amide bonds. The molecule has 11 heteroatoms. The maximum Gasteiger partial charge on any atom is 0.330 e. The Morgan fingerprint density at radius 2 is 1.72 bits per heavy atom. The molecule has 3 fully saturated rings. The van der Waals surface area contributed by atoms with Crippen LogP contribution in [0.5, 0.6) is 0 Å². The van der Waals surface area contributed by atoms with Gasteiger partial charge in [-0.3, -0.25) is 23.7 Å². The van der Waals surface area contributed by atoms with Gasteiger partial charge < -0.3 is 10.6 Å². The number of carbonyl (C=O) groups excluding carboxylic acids is 1. The minimum atomic E-state index is -0.726. The standard InChI is InChI=1S/C18H23N7O3S/c19-14-13(15(27)20-17(28)24(14)10-3-4-10)12(26)9-29-18-22-21-16(23-7-1-2-8-23)25(18)11-5-6-11/h10-11H,1-9,19H2,(H,20,27,28). The molecule has 1 saturated heterocycles. The zero-order chi connectivity index (χ0) is 20.1. The fourth-order valence-corrected chi connectivity index (χ4v) is 4.76. The predicted molar refractivity (Wildman–Crippen MR) is 109 cm³/mol. The van der Waals surface area contributed by atoms with E-state index in [9.17, 15) is 14.4 Å². The number of nitrogen functional groups attached to an aromatic ring is 1. The van der Waals surface area contributed by atoms with Gasteiger partial charge in [-0.15, -0.1) is 10.2 Å². The molecule has 29 heavy (non-hydrogen) atoms. The van der Waals surface area contributed by atoms with Crippen LogP contribution in [0.15, 0.2) is 14.7 Å². The Morgan fingerprint density at radius 1 is 1.07 bits per heavy atom. The molecule has 1 aliphatic heterocycles. The van der Waals surface area contributed by atoms with Crippen molar-refractivity contribution >= 4 is 29.3 Å². The molecule has 0 unspecified atom stereocenters. The summed E-state index contributed by atoms with van der Waals surface area (Å²) in [6.07, 6.45) is 6.11. The Kier molecular flexibility index (Phi) is 4.49. The van der Waals surface area contributed by atoms with E-state index in [1.807, 2.05) is 0 Å². The van der Waals surface area contributed by atoms with Gasteiger partial charge in [0.25, 0.3) is 5.56 Å². The number of nitrogens with zero attached hydrogens (tertiary/aromatic N) is 5. The fraction of sp³-hybridized carbons (Fsp3) is 0.611. The van der Waals surface area contributed by atoms with E-state index in [4.69, 9.17) is 5.73 Å². The molecule has 0 aromatic carbocycles. The second-order valence-corrected chi connectivity index (χ2v) is 8.85. The van der Waals surface area contributed by atoms with E-state index in [0.29, 0.717) is 11.2 Å². The lowest BCUT2D eigenvalue weighted by Gasteiger charge is -2.17. The molecule has 10 nitrogen and oxygen atoms in total. The third kappa shape index (κ3) is 3.37. The highest BCUT2D eigenvalue weighted by Crippen LogP contribution is 2.41. The van der Waals surface area contributed by atoms with Crippen molar-refractivity contribution in [2.24, 2.45) is 0 Å². The van der Waals surface area contributed by atoms with E-state index < -0.39 is 17.0 Å². The maximum atomic E-state index is 12.8. The van der Waals surface area contributed by atoms with Crippen LogP contribution in [-0.2, 0) is 0 Å². The molecule has 2 aromatic rings. The summed E-state index contributed by atoms with van der Waals surface area (Å²) >= 11 is 1.27. The molecular weight excluding hydrogens is 394 g/mol. The first-order valence-electron chi connectivity index (χ1n) is 10.0. The highest BCUT2D eigenvalue weighted by Gasteiger charge is 2.33. The molecule has 2 aromatic heterocycles. The van der Waals surface area contributed by atoms with Gasteiger partial charge in [0.1, 0.15) is 11.4 Å². The molecule has 0 bridgehead atoms. The second kappa shape index (κ2) is 7.05. The van der Waals surface area contributed by atoms with Gasteiger partial charge >= 0.3 is 5.69 Å². The maximum absolute atomic E-state index is 12.8. The van der Waals surface area contributed by atoms with Crippen LogP contribution in [0.1, 0.15) is 61.0 Å². The van der Waals surface area contributed by atoms with E-state index in [-0.39, 0.29) is 23.2 Å². The quantitative estimate of drug-likeness (QED) is 0.503. The SMILES string of the molecule is Nc1c(C(=O)CSc2nnc(N3CCCC3)n2C2CC2)c(=O)[nH]c(=O)n1C1CC1. The molecule has 3 heterocycles. The Bertz CT molecular complexity index is 1070. The minimum Gasteiger partial charge on any atom is -0.384 e. The van der Waals surface area contributed by atoms with Gasteiger partial charge in [-0.05, 0) is 38.5 Å². The van der Waals surface area contributed by atoms with Crippen molar-refractivity contribution in [1.29, 1.82) is 0 Å². The second-order valence-electron chi connectivity index (χ2n) is 7.91. The number of hydrogen-bond acceptors (Lipinski definition) is 8. The van der Waals surface area contributed by atoms with Crippen LogP contribution in [0.25, 0.3) is 0 Å². The van der Waals surface area contributed by atoms with Crippen molar-refractivity contribution < 1.29 is 4.79 Å². The number of thioether (sulfide) groups is 1. The summed E-state index contributed by atoms with van der Waals surface area (Å²) in [5, 5.41) is 9.37. The van der Waals surface area contributed by atoms with Gasteiger partial charge in [0, 0.05) is 25.2 Å². The van der Waals surface area contributed by atoms with Crippen molar-refractivity contribution in [1.82, 2.24) is 24.3 Å². The molecule has 2 aliphatic carbocycles.